The average Bonchev–Trinajstić information content (AvgIpc) is 2.34. The molecule has 1 saturated heterocycles. The van der Waals surface area contributed by atoms with Crippen LogP contribution in [0.1, 0.15) is 52.4 Å². The monoisotopic (exact) mass is 239 g/mol. The standard InChI is InChI=1S/C14H29N3/c1-5-9-13(6-2)17-11-8-7-10-14(17)12-15-16(3)4/h12-14H,5-11H2,1-4H3. The summed E-state index contributed by atoms with van der Waals surface area (Å²) in [7, 11) is 3.99. The molecule has 1 aliphatic rings. The summed E-state index contributed by atoms with van der Waals surface area (Å²) in [5.74, 6) is 0. The summed E-state index contributed by atoms with van der Waals surface area (Å²) < 4.78 is 0. The van der Waals surface area contributed by atoms with Gasteiger partial charge in [-0.15, -0.1) is 0 Å². The maximum absolute atomic E-state index is 4.44. The van der Waals surface area contributed by atoms with E-state index in [0.29, 0.717) is 6.04 Å². The van der Waals surface area contributed by atoms with Gasteiger partial charge in [-0.2, -0.15) is 5.10 Å². The molecule has 17 heavy (non-hydrogen) atoms. The van der Waals surface area contributed by atoms with E-state index in [-0.39, 0.29) is 0 Å². The molecule has 1 fully saturated rings. The normalized spacial score (nSPS) is 24.1. The molecule has 3 nitrogen and oxygen atoms in total. The van der Waals surface area contributed by atoms with Gasteiger partial charge in [0.1, 0.15) is 0 Å². The average molecular weight is 239 g/mol. The van der Waals surface area contributed by atoms with Crippen molar-refractivity contribution in [3.8, 4) is 0 Å². The summed E-state index contributed by atoms with van der Waals surface area (Å²) in [6.45, 7) is 5.85. The van der Waals surface area contributed by atoms with Gasteiger partial charge in [0, 0.05) is 32.4 Å². The Morgan fingerprint density at radius 3 is 2.71 bits per heavy atom. The minimum absolute atomic E-state index is 0.558. The van der Waals surface area contributed by atoms with Gasteiger partial charge in [-0.1, -0.05) is 26.7 Å². The van der Waals surface area contributed by atoms with Crippen molar-refractivity contribution >= 4 is 6.21 Å². The molecule has 0 amide bonds. The van der Waals surface area contributed by atoms with Gasteiger partial charge in [-0.05, 0) is 32.2 Å². The van der Waals surface area contributed by atoms with Crippen LogP contribution in [0, 0.1) is 0 Å². The van der Waals surface area contributed by atoms with Crippen LogP contribution in [0.4, 0.5) is 0 Å². The van der Waals surface area contributed by atoms with Crippen LogP contribution in [0.5, 0.6) is 0 Å². The van der Waals surface area contributed by atoms with Crippen LogP contribution in [-0.4, -0.2) is 48.8 Å². The first-order valence-corrected chi connectivity index (χ1v) is 7.16. The highest BCUT2D eigenvalue weighted by molar-refractivity contribution is 5.64. The number of hydrogen-bond acceptors (Lipinski definition) is 3. The molecular weight excluding hydrogens is 210 g/mol. The van der Waals surface area contributed by atoms with Gasteiger partial charge in [0.15, 0.2) is 0 Å². The third kappa shape index (κ3) is 4.66. The van der Waals surface area contributed by atoms with E-state index >= 15 is 0 Å². The molecule has 2 unspecified atom stereocenters. The third-order valence-corrected chi connectivity index (χ3v) is 3.62. The highest BCUT2D eigenvalue weighted by Gasteiger charge is 2.26. The zero-order valence-corrected chi connectivity index (χ0v) is 12.0. The van der Waals surface area contributed by atoms with E-state index in [1.54, 1.807) is 0 Å². The number of nitrogens with zero attached hydrogens (tertiary/aromatic N) is 3. The molecular formula is C14H29N3. The maximum atomic E-state index is 4.44. The summed E-state index contributed by atoms with van der Waals surface area (Å²) in [5, 5.41) is 6.34. The fourth-order valence-electron chi connectivity index (χ4n) is 2.74. The van der Waals surface area contributed by atoms with Crippen LogP contribution in [0.3, 0.4) is 0 Å². The van der Waals surface area contributed by atoms with Gasteiger partial charge in [0.2, 0.25) is 0 Å². The topological polar surface area (TPSA) is 18.8 Å². The van der Waals surface area contributed by atoms with Crippen LogP contribution in [0.25, 0.3) is 0 Å². The molecule has 0 saturated carbocycles. The maximum Gasteiger partial charge on any atom is 0.0471 e. The predicted molar refractivity (Wildman–Crippen MR) is 75.5 cm³/mol. The van der Waals surface area contributed by atoms with E-state index in [2.05, 4.69) is 30.1 Å². The number of likely N-dealkylation sites (tertiary alicyclic amines) is 1. The zero-order valence-electron chi connectivity index (χ0n) is 12.0. The van der Waals surface area contributed by atoms with Crippen LogP contribution < -0.4 is 0 Å². The van der Waals surface area contributed by atoms with E-state index in [0.717, 1.165) is 6.04 Å². The molecule has 0 spiro atoms. The molecule has 1 heterocycles. The molecule has 1 rings (SSSR count). The lowest BCUT2D eigenvalue weighted by atomic mass is 9.97. The predicted octanol–water partition coefficient (Wildman–Crippen LogP) is 2.97. The highest BCUT2D eigenvalue weighted by atomic mass is 15.4. The molecule has 3 heteroatoms. The molecule has 0 N–H and O–H groups in total. The minimum atomic E-state index is 0.558. The van der Waals surface area contributed by atoms with Crippen molar-refractivity contribution in [1.29, 1.82) is 0 Å². The van der Waals surface area contributed by atoms with Gasteiger partial charge >= 0.3 is 0 Å². The summed E-state index contributed by atoms with van der Waals surface area (Å²) in [6, 6.07) is 1.31. The first-order chi connectivity index (χ1) is 8.19. The molecule has 0 aromatic carbocycles. The molecule has 0 aromatic rings. The van der Waals surface area contributed by atoms with Crippen molar-refractivity contribution in [3.63, 3.8) is 0 Å². The minimum Gasteiger partial charge on any atom is -0.303 e. The molecule has 2 atom stereocenters. The second-order valence-corrected chi connectivity index (χ2v) is 5.26. The van der Waals surface area contributed by atoms with Gasteiger partial charge in [0.05, 0.1) is 0 Å². The number of rotatable bonds is 6. The summed E-state index contributed by atoms with van der Waals surface area (Å²) in [4.78, 5) is 2.68. The molecule has 0 aliphatic carbocycles. The van der Waals surface area contributed by atoms with Gasteiger partial charge in [-0.3, -0.25) is 4.90 Å². The van der Waals surface area contributed by atoms with Gasteiger partial charge < -0.3 is 5.01 Å². The summed E-state index contributed by atoms with van der Waals surface area (Å²) in [6.07, 6.45) is 10.0. The Morgan fingerprint density at radius 1 is 1.35 bits per heavy atom. The van der Waals surface area contributed by atoms with E-state index in [9.17, 15) is 0 Å². The molecule has 0 aromatic heterocycles. The fourth-order valence-corrected chi connectivity index (χ4v) is 2.74. The van der Waals surface area contributed by atoms with Crippen molar-refractivity contribution in [2.24, 2.45) is 5.10 Å². The lowest BCUT2D eigenvalue weighted by Gasteiger charge is -2.39. The van der Waals surface area contributed by atoms with Gasteiger partial charge in [-0.25, -0.2) is 0 Å². The Hall–Kier alpha value is -0.570. The molecule has 100 valence electrons. The molecule has 0 radical (unpaired) electrons. The second-order valence-electron chi connectivity index (χ2n) is 5.26. The first kappa shape index (κ1) is 14.5. The Balaban J connectivity index is 2.63. The van der Waals surface area contributed by atoms with Crippen molar-refractivity contribution in [1.82, 2.24) is 9.91 Å². The Kier molecular flexibility index (Phi) is 6.56. The highest BCUT2D eigenvalue weighted by Crippen LogP contribution is 2.22. The largest absolute Gasteiger partial charge is 0.303 e. The number of hydrazone groups is 1. The SMILES string of the molecule is CCCC(CC)N1CCCCC1C=NN(C)C. The van der Waals surface area contributed by atoms with Gasteiger partial charge in [0.25, 0.3) is 0 Å². The zero-order chi connectivity index (χ0) is 12.7. The lowest BCUT2D eigenvalue weighted by Crippen LogP contribution is -2.47. The molecule has 0 bridgehead atoms. The van der Waals surface area contributed by atoms with Crippen molar-refractivity contribution in [3.05, 3.63) is 0 Å². The quantitative estimate of drug-likeness (QED) is 0.524. The van der Waals surface area contributed by atoms with Crippen LogP contribution in [-0.2, 0) is 0 Å². The number of piperidine rings is 1. The van der Waals surface area contributed by atoms with E-state index < -0.39 is 0 Å². The van der Waals surface area contributed by atoms with E-state index in [1.165, 1.54) is 45.1 Å². The van der Waals surface area contributed by atoms with Crippen molar-refractivity contribution in [2.45, 2.75) is 64.5 Å². The first-order valence-electron chi connectivity index (χ1n) is 7.16. The molecule has 1 aliphatic heterocycles. The Labute approximate surface area is 107 Å². The van der Waals surface area contributed by atoms with Crippen LogP contribution >= 0.6 is 0 Å². The van der Waals surface area contributed by atoms with E-state index in [4.69, 9.17) is 0 Å². The fraction of sp³-hybridized carbons (Fsp3) is 0.929. The van der Waals surface area contributed by atoms with Crippen molar-refractivity contribution in [2.75, 3.05) is 20.6 Å². The smallest absolute Gasteiger partial charge is 0.0471 e. The Morgan fingerprint density at radius 2 is 2.12 bits per heavy atom. The summed E-state index contributed by atoms with van der Waals surface area (Å²) >= 11 is 0. The third-order valence-electron chi connectivity index (χ3n) is 3.62. The van der Waals surface area contributed by atoms with Crippen LogP contribution in [0.15, 0.2) is 5.10 Å². The second kappa shape index (κ2) is 7.70. The van der Waals surface area contributed by atoms with Crippen molar-refractivity contribution < 1.29 is 0 Å². The lowest BCUT2D eigenvalue weighted by molar-refractivity contribution is 0.123. The number of hydrogen-bond donors (Lipinski definition) is 0. The Bertz CT molecular complexity index is 226. The van der Waals surface area contributed by atoms with E-state index in [1.807, 2.05) is 19.1 Å². The summed E-state index contributed by atoms with van der Waals surface area (Å²) in [5.41, 5.74) is 0. The van der Waals surface area contributed by atoms with Crippen LogP contribution in [0.2, 0.25) is 0 Å².